The van der Waals surface area contributed by atoms with Crippen LogP contribution in [0.4, 0.5) is 11.4 Å². The maximum Gasteiger partial charge on any atom is 0.226 e. The number of nitrogens with one attached hydrogen (secondary N) is 2. The number of carbonyl (C=O) groups is 3. The lowest BCUT2D eigenvalue weighted by Gasteiger charge is -2.27. The van der Waals surface area contributed by atoms with Crippen molar-refractivity contribution in [2.75, 3.05) is 31.1 Å². The topological polar surface area (TPSA) is 108 Å². The van der Waals surface area contributed by atoms with Gasteiger partial charge in [-0.2, -0.15) is 4.58 Å². The highest BCUT2D eigenvalue weighted by atomic mass is 79.9. The number of rotatable bonds is 1. The van der Waals surface area contributed by atoms with Crippen molar-refractivity contribution in [2.24, 2.45) is 11.7 Å². The molecule has 58 heavy (non-hydrogen) atoms. The minimum absolute atomic E-state index is 0. The van der Waals surface area contributed by atoms with Gasteiger partial charge in [-0.05, 0) is 72.0 Å². The van der Waals surface area contributed by atoms with Gasteiger partial charge in [0.2, 0.25) is 23.4 Å². The average molecular weight is 843 g/mol. The Morgan fingerprint density at radius 2 is 1.40 bits per heavy atom. The molecule has 3 amide bonds. The third kappa shape index (κ3) is 8.60. The largest absolute Gasteiger partial charge is 1.00 e. The van der Waals surface area contributed by atoms with Gasteiger partial charge in [0.1, 0.15) is 0 Å². The summed E-state index contributed by atoms with van der Waals surface area (Å²) in [5, 5.41) is 10.9. The summed E-state index contributed by atoms with van der Waals surface area (Å²) < 4.78 is 2.28. The number of allylic oxidation sites excluding steroid dienone is 8. The van der Waals surface area contributed by atoms with Crippen molar-refractivity contribution in [1.82, 2.24) is 10.6 Å². The number of nitrogens with two attached hydrogens (primary N) is 1. The maximum atomic E-state index is 13.3. The lowest BCUT2D eigenvalue weighted by molar-refractivity contribution is -0.436. The third-order valence-corrected chi connectivity index (χ3v) is 12.1. The second kappa shape index (κ2) is 18.1. The van der Waals surface area contributed by atoms with Crippen LogP contribution in [0.2, 0.25) is 0 Å². The molecule has 0 radical (unpaired) electrons. The summed E-state index contributed by atoms with van der Waals surface area (Å²) in [4.78, 5) is 41.1. The van der Waals surface area contributed by atoms with Gasteiger partial charge in [-0.25, -0.2) is 0 Å². The second-order valence-electron chi connectivity index (χ2n) is 16.6. The van der Waals surface area contributed by atoms with Gasteiger partial charge in [-0.1, -0.05) is 112 Å². The predicted molar refractivity (Wildman–Crippen MR) is 233 cm³/mol. The SMILES string of the molecule is CC1(C)C2=[N+](CCC(=O)NCC(C(N)=O)CCCCCNC(=O)CCN3/C(=C/C=C/C=C/C=C/2)C(C)(C)c2c3ccc3ccccc23)c2ccc3ccccc3c21.[Br-]. The zero-order valence-corrected chi connectivity index (χ0v) is 35.8. The number of benzene rings is 4. The molecule has 9 heteroatoms. The molecule has 1 atom stereocenters. The van der Waals surface area contributed by atoms with Gasteiger partial charge in [0.05, 0.1) is 17.8 Å². The van der Waals surface area contributed by atoms with Crippen LogP contribution in [0.15, 0.2) is 121 Å². The molecule has 0 fully saturated rings. The van der Waals surface area contributed by atoms with Gasteiger partial charge in [0.25, 0.3) is 0 Å². The zero-order valence-electron chi connectivity index (χ0n) is 34.2. The van der Waals surface area contributed by atoms with E-state index >= 15 is 0 Å². The van der Waals surface area contributed by atoms with E-state index in [0.717, 1.165) is 42.0 Å². The number of hydrogen-bond acceptors (Lipinski definition) is 4. The predicted octanol–water partition coefficient (Wildman–Crippen LogP) is 5.41. The Labute approximate surface area is 353 Å². The van der Waals surface area contributed by atoms with Crippen molar-refractivity contribution in [2.45, 2.75) is 77.0 Å². The van der Waals surface area contributed by atoms with E-state index < -0.39 is 11.8 Å². The number of anilines is 1. The minimum Gasteiger partial charge on any atom is -1.00 e. The number of fused-ring (bicyclic) bond motifs is 9. The lowest BCUT2D eigenvalue weighted by Crippen LogP contribution is -3.00. The highest BCUT2D eigenvalue weighted by Crippen LogP contribution is 2.51. The van der Waals surface area contributed by atoms with Gasteiger partial charge in [0.15, 0.2) is 12.3 Å². The second-order valence-corrected chi connectivity index (χ2v) is 16.6. The maximum absolute atomic E-state index is 13.3. The van der Waals surface area contributed by atoms with E-state index in [1.54, 1.807) is 0 Å². The highest BCUT2D eigenvalue weighted by Gasteiger charge is 2.45. The summed E-state index contributed by atoms with van der Waals surface area (Å²) in [6.07, 6.45) is 18.3. The first-order valence-corrected chi connectivity index (χ1v) is 20.5. The third-order valence-electron chi connectivity index (χ3n) is 12.1. The van der Waals surface area contributed by atoms with Crippen LogP contribution in [0.1, 0.15) is 77.3 Å². The van der Waals surface area contributed by atoms with Gasteiger partial charge < -0.3 is 38.2 Å². The zero-order chi connectivity index (χ0) is 40.2. The van der Waals surface area contributed by atoms with Crippen molar-refractivity contribution in [1.29, 1.82) is 0 Å². The van der Waals surface area contributed by atoms with Crippen LogP contribution in [0.25, 0.3) is 21.5 Å². The molecule has 1 unspecified atom stereocenters. The number of amides is 3. The van der Waals surface area contributed by atoms with E-state index in [1.807, 2.05) is 12.2 Å². The summed E-state index contributed by atoms with van der Waals surface area (Å²) in [5.41, 5.74) is 12.2. The summed E-state index contributed by atoms with van der Waals surface area (Å²) >= 11 is 0. The molecule has 4 aromatic carbocycles. The molecular weight excluding hydrogens is 786 g/mol. The molecule has 3 aliphatic heterocycles. The number of carbonyl (C=O) groups excluding carboxylic acids is 3. The Hall–Kier alpha value is -5.28. The molecule has 4 aromatic rings. The molecule has 3 heterocycles. The van der Waals surface area contributed by atoms with E-state index in [0.29, 0.717) is 32.5 Å². The average Bonchev–Trinajstić information content (AvgIpc) is 3.55. The smallest absolute Gasteiger partial charge is 0.226 e. The number of halogens is 1. The van der Waals surface area contributed by atoms with Gasteiger partial charge in [0, 0.05) is 60.6 Å². The molecular formula is C49H56BrN5O3. The molecule has 0 saturated carbocycles. The molecule has 302 valence electrons. The Morgan fingerprint density at radius 3 is 2.14 bits per heavy atom. The molecule has 8 nitrogen and oxygen atoms in total. The lowest BCUT2D eigenvalue weighted by atomic mass is 9.79. The van der Waals surface area contributed by atoms with E-state index in [2.05, 4.69) is 151 Å². The fourth-order valence-electron chi connectivity index (χ4n) is 9.14. The molecule has 0 spiro atoms. The van der Waals surface area contributed by atoms with Gasteiger partial charge in [-0.15, -0.1) is 0 Å². The number of primary amides is 1. The molecule has 0 aliphatic carbocycles. The monoisotopic (exact) mass is 841 g/mol. The van der Waals surface area contributed by atoms with Crippen molar-refractivity contribution in [3.63, 3.8) is 0 Å². The molecule has 0 bridgehead atoms. The summed E-state index contributed by atoms with van der Waals surface area (Å²) in [6.45, 7) is 10.9. The summed E-state index contributed by atoms with van der Waals surface area (Å²) in [6, 6.07) is 25.7. The first-order valence-electron chi connectivity index (χ1n) is 20.5. The molecule has 7 rings (SSSR count). The quantitative estimate of drug-likeness (QED) is 0.223. The normalized spacial score (nSPS) is 22.9. The van der Waals surface area contributed by atoms with E-state index in [4.69, 9.17) is 5.73 Å². The molecule has 0 aromatic heterocycles. The van der Waals surface area contributed by atoms with Crippen molar-refractivity contribution < 1.29 is 35.9 Å². The van der Waals surface area contributed by atoms with Crippen LogP contribution >= 0.6 is 0 Å². The van der Waals surface area contributed by atoms with E-state index in [1.165, 1.54) is 32.7 Å². The van der Waals surface area contributed by atoms with Crippen LogP contribution in [0, 0.1) is 5.92 Å². The highest BCUT2D eigenvalue weighted by molar-refractivity contribution is 6.07. The van der Waals surface area contributed by atoms with Crippen molar-refractivity contribution >= 4 is 56.4 Å². The van der Waals surface area contributed by atoms with Crippen LogP contribution in [0.5, 0.6) is 0 Å². The van der Waals surface area contributed by atoms with Crippen LogP contribution in [0.3, 0.4) is 0 Å². The molecule has 4 N–H and O–H groups in total. The minimum atomic E-state index is -0.447. The Morgan fingerprint density at radius 1 is 0.741 bits per heavy atom. The van der Waals surface area contributed by atoms with E-state index in [-0.39, 0.29) is 52.6 Å². The van der Waals surface area contributed by atoms with Crippen LogP contribution in [-0.4, -0.2) is 54.2 Å². The molecule has 0 saturated heterocycles. The number of nitrogens with zero attached hydrogens (tertiary/aromatic N) is 2. The Kier molecular flexibility index (Phi) is 13.2. The fourth-order valence-corrected chi connectivity index (χ4v) is 9.14. The summed E-state index contributed by atoms with van der Waals surface area (Å²) in [5.74, 6) is -0.947. The van der Waals surface area contributed by atoms with Gasteiger partial charge >= 0.3 is 0 Å². The van der Waals surface area contributed by atoms with Crippen molar-refractivity contribution in [3.05, 3.63) is 132 Å². The van der Waals surface area contributed by atoms with Crippen LogP contribution < -0.4 is 38.2 Å². The number of hydrogen-bond donors (Lipinski definition) is 3. The first-order chi connectivity index (χ1) is 27.5. The van der Waals surface area contributed by atoms with Crippen LogP contribution in [-0.2, 0) is 25.2 Å². The van der Waals surface area contributed by atoms with E-state index in [9.17, 15) is 14.4 Å². The standard InChI is InChI=1S/C49H55N5O3.BrH/c1-48(2)41-22-10-6-5-7-11-23-42-49(3,4)46-38-21-15-13-18-35(38)25-27-40(46)54(42)32-29-44(56)52-33-36(47(50)57)19-9-8-16-30-51-43(55)28-31-53(41)39-26-24-34-17-12-14-20-37(34)45(39)48;/h5-7,10-15,17-18,20-27,36H,8-9,16,19,28-33H2,1-4H3,(H3-,50,51,52,55,56,57);1H. The molecule has 3 aliphatic rings. The fraction of sp³-hybridized carbons (Fsp3) is 0.347. The van der Waals surface area contributed by atoms with Crippen molar-refractivity contribution in [3.8, 4) is 0 Å². The Balaban J connectivity index is 0.00000567. The first kappa shape index (κ1) is 42.3. The summed E-state index contributed by atoms with van der Waals surface area (Å²) in [7, 11) is 0. The Bertz CT molecular complexity index is 2370. The van der Waals surface area contributed by atoms with Gasteiger partial charge in [-0.3, -0.25) is 14.4 Å².